The molecule has 2 heterocycles. The predicted octanol–water partition coefficient (Wildman–Crippen LogP) is 3.85. The molecule has 0 atom stereocenters. The molecule has 1 aliphatic heterocycles. The lowest BCUT2D eigenvalue weighted by molar-refractivity contribution is 0.0543. The average Bonchev–Trinajstić information content (AvgIpc) is 2.77. The molecule has 0 bridgehead atoms. The van der Waals surface area contributed by atoms with E-state index >= 15 is 0 Å². The molecule has 0 amide bonds. The van der Waals surface area contributed by atoms with Gasteiger partial charge in [0.2, 0.25) is 10.0 Å². The molecule has 0 unspecified atom stereocenters. The molecule has 1 saturated heterocycles. The van der Waals surface area contributed by atoms with Crippen molar-refractivity contribution in [1.82, 2.24) is 9.71 Å². The van der Waals surface area contributed by atoms with Crippen LogP contribution in [-0.4, -0.2) is 39.2 Å². The van der Waals surface area contributed by atoms with Crippen LogP contribution in [0.4, 0.5) is 10.2 Å². The predicted molar refractivity (Wildman–Crippen MR) is 116 cm³/mol. The summed E-state index contributed by atoms with van der Waals surface area (Å²) in [5, 5.41) is 3.33. The number of hydrogen-bond donors (Lipinski definition) is 2. The van der Waals surface area contributed by atoms with Gasteiger partial charge in [0.25, 0.3) is 0 Å². The summed E-state index contributed by atoms with van der Waals surface area (Å²) in [6, 6.07) is 9.78. The first-order chi connectivity index (χ1) is 14.4. The number of nitrogens with one attached hydrogen (secondary N) is 2. The van der Waals surface area contributed by atoms with Crippen LogP contribution in [0.3, 0.4) is 0 Å². The van der Waals surface area contributed by atoms with Crippen molar-refractivity contribution in [1.29, 1.82) is 0 Å². The number of ether oxygens (including phenoxy) is 1. The van der Waals surface area contributed by atoms with Gasteiger partial charge >= 0.3 is 0 Å². The van der Waals surface area contributed by atoms with E-state index in [0.29, 0.717) is 25.6 Å². The maximum absolute atomic E-state index is 13.4. The lowest BCUT2D eigenvalue weighted by atomic mass is 9.74. The van der Waals surface area contributed by atoms with Crippen LogP contribution < -0.4 is 10.0 Å². The van der Waals surface area contributed by atoms with Gasteiger partial charge in [-0.2, -0.15) is 0 Å². The molecule has 6 nitrogen and oxygen atoms in total. The number of benzene rings is 1. The second-order valence-electron chi connectivity index (χ2n) is 7.77. The first-order valence-corrected chi connectivity index (χ1v) is 11.9. The van der Waals surface area contributed by atoms with Crippen LogP contribution in [0.2, 0.25) is 0 Å². The summed E-state index contributed by atoms with van der Waals surface area (Å²) in [4.78, 5) is 4.46. The SMILES string of the molecule is CCC(CC)NS(=O)(=O)c1ccc(NCC2(c3ccc(F)cc3)CCOCC2)nc1. The smallest absolute Gasteiger partial charge is 0.242 e. The molecule has 0 aliphatic carbocycles. The fraction of sp³-hybridized carbons (Fsp3) is 0.500. The summed E-state index contributed by atoms with van der Waals surface area (Å²) < 4.78 is 46.7. The fourth-order valence-electron chi connectivity index (χ4n) is 3.78. The van der Waals surface area contributed by atoms with Crippen LogP contribution in [0.15, 0.2) is 47.5 Å². The zero-order valence-electron chi connectivity index (χ0n) is 17.5. The summed E-state index contributed by atoms with van der Waals surface area (Å²) >= 11 is 0. The highest BCUT2D eigenvalue weighted by molar-refractivity contribution is 7.89. The Balaban J connectivity index is 1.72. The molecule has 8 heteroatoms. The van der Waals surface area contributed by atoms with E-state index in [9.17, 15) is 12.8 Å². The lowest BCUT2D eigenvalue weighted by Gasteiger charge is -2.38. The van der Waals surface area contributed by atoms with Crippen molar-refractivity contribution in [2.45, 2.75) is 55.9 Å². The van der Waals surface area contributed by atoms with E-state index < -0.39 is 10.0 Å². The minimum Gasteiger partial charge on any atom is -0.381 e. The van der Waals surface area contributed by atoms with Gasteiger partial charge in [-0.05, 0) is 55.5 Å². The highest BCUT2D eigenvalue weighted by Gasteiger charge is 2.34. The molecular formula is C22H30FN3O3S. The zero-order valence-corrected chi connectivity index (χ0v) is 18.3. The van der Waals surface area contributed by atoms with Gasteiger partial charge in [-0.3, -0.25) is 0 Å². The number of hydrogen-bond acceptors (Lipinski definition) is 5. The highest BCUT2D eigenvalue weighted by Crippen LogP contribution is 2.35. The maximum atomic E-state index is 13.4. The van der Waals surface area contributed by atoms with Crippen molar-refractivity contribution < 1.29 is 17.5 Å². The molecule has 164 valence electrons. The number of halogens is 1. The molecule has 3 rings (SSSR count). The third kappa shape index (κ3) is 5.36. The van der Waals surface area contributed by atoms with Crippen LogP contribution in [0.1, 0.15) is 45.1 Å². The Morgan fingerprint density at radius 3 is 2.33 bits per heavy atom. The number of aromatic nitrogens is 1. The second kappa shape index (κ2) is 9.85. The molecule has 1 aliphatic rings. The van der Waals surface area contributed by atoms with E-state index in [2.05, 4.69) is 15.0 Å². The molecule has 0 radical (unpaired) electrons. The lowest BCUT2D eigenvalue weighted by Crippen LogP contribution is -2.40. The summed E-state index contributed by atoms with van der Waals surface area (Å²) in [7, 11) is -3.59. The molecule has 1 aromatic heterocycles. The Kier molecular flexibility index (Phi) is 7.44. The van der Waals surface area contributed by atoms with E-state index in [0.717, 1.165) is 31.2 Å². The molecule has 1 fully saturated rings. The molecule has 2 N–H and O–H groups in total. The number of pyridine rings is 1. The normalized spacial score (nSPS) is 16.5. The molecule has 30 heavy (non-hydrogen) atoms. The summed E-state index contributed by atoms with van der Waals surface area (Å²) in [5.74, 6) is 0.346. The Morgan fingerprint density at radius 2 is 1.77 bits per heavy atom. The maximum Gasteiger partial charge on any atom is 0.242 e. The Morgan fingerprint density at radius 1 is 1.10 bits per heavy atom. The van der Waals surface area contributed by atoms with Crippen molar-refractivity contribution >= 4 is 15.8 Å². The molecule has 0 spiro atoms. The van der Waals surface area contributed by atoms with E-state index in [-0.39, 0.29) is 22.2 Å². The monoisotopic (exact) mass is 435 g/mol. The largest absolute Gasteiger partial charge is 0.381 e. The first kappa shape index (κ1) is 22.7. The number of sulfonamides is 1. The van der Waals surface area contributed by atoms with Gasteiger partial charge in [0, 0.05) is 37.4 Å². The van der Waals surface area contributed by atoms with Crippen molar-refractivity contribution in [3.05, 3.63) is 54.0 Å². The van der Waals surface area contributed by atoms with E-state index in [1.807, 2.05) is 26.0 Å². The quantitative estimate of drug-likeness (QED) is 0.625. The molecular weight excluding hydrogens is 405 g/mol. The number of rotatable bonds is 9. The number of nitrogens with zero attached hydrogens (tertiary/aromatic N) is 1. The van der Waals surface area contributed by atoms with Gasteiger partial charge in [0.1, 0.15) is 16.5 Å². The van der Waals surface area contributed by atoms with E-state index in [1.54, 1.807) is 12.1 Å². The van der Waals surface area contributed by atoms with E-state index in [4.69, 9.17) is 4.74 Å². The van der Waals surface area contributed by atoms with Crippen molar-refractivity contribution in [2.24, 2.45) is 0 Å². The summed E-state index contributed by atoms with van der Waals surface area (Å²) in [6.45, 7) is 5.80. The minimum atomic E-state index is -3.59. The topological polar surface area (TPSA) is 80.3 Å². The second-order valence-corrected chi connectivity index (χ2v) is 9.48. The van der Waals surface area contributed by atoms with Gasteiger partial charge in [-0.15, -0.1) is 0 Å². The van der Waals surface area contributed by atoms with Crippen molar-refractivity contribution in [2.75, 3.05) is 25.1 Å². The fourth-order valence-corrected chi connectivity index (χ4v) is 5.13. The van der Waals surface area contributed by atoms with Gasteiger partial charge < -0.3 is 10.1 Å². The summed E-state index contributed by atoms with van der Waals surface area (Å²) in [6.07, 6.45) is 4.48. The van der Waals surface area contributed by atoms with E-state index in [1.165, 1.54) is 18.3 Å². The van der Waals surface area contributed by atoms with Crippen LogP contribution in [0.5, 0.6) is 0 Å². The van der Waals surface area contributed by atoms with Crippen molar-refractivity contribution in [3.8, 4) is 0 Å². The number of anilines is 1. The first-order valence-electron chi connectivity index (χ1n) is 10.4. The van der Waals surface area contributed by atoms with Crippen LogP contribution in [0, 0.1) is 5.82 Å². The van der Waals surface area contributed by atoms with Crippen molar-refractivity contribution in [3.63, 3.8) is 0 Å². The third-order valence-electron chi connectivity index (χ3n) is 5.87. The van der Waals surface area contributed by atoms with Gasteiger partial charge in [0.05, 0.1) is 0 Å². The molecule has 2 aromatic rings. The average molecular weight is 436 g/mol. The highest BCUT2D eigenvalue weighted by atomic mass is 32.2. The minimum absolute atomic E-state index is 0.0862. The Labute approximate surface area is 178 Å². The summed E-state index contributed by atoms with van der Waals surface area (Å²) in [5.41, 5.74) is 0.878. The zero-order chi connectivity index (χ0) is 21.6. The van der Waals surface area contributed by atoms with Crippen LogP contribution >= 0.6 is 0 Å². The van der Waals surface area contributed by atoms with Gasteiger partial charge in [-0.25, -0.2) is 22.5 Å². The standard InChI is InChI=1S/C22H30FN3O3S/c1-3-19(4-2)26-30(27,28)20-9-10-21(24-15-20)25-16-22(11-13-29-14-12-22)17-5-7-18(23)8-6-17/h5-10,15,19,26H,3-4,11-14,16H2,1-2H3,(H,24,25). The molecule has 0 saturated carbocycles. The van der Waals surface area contributed by atoms with Crippen LogP contribution in [-0.2, 0) is 20.2 Å². The van der Waals surface area contributed by atoms with Gasteiger partial charge in [-0.1, -0.05) is 26.0 Å². The van der Waals surface area contributed by atoms with Gasteiger partial charge in [0.15, 0.2) is 0 Å². The molecule has 1 aromatic carbocycles. The third-order valence-corrected chi connectivity index (χ3v) is 7.37. The Hall–Kier alpha value is -2.03. The Bertz CT molecular complexity index is 908. The van der Waals surface area contributed by atoms with Crippen LogP contribution in [0.25, 0.3) is 0 Å².